The topological polar surface area (TPSA) is 68.3 Å². The molecule has 0 unspecified atom stereocenters. The molecule has 0 aliphatic heterocycles. The number of azo groups is 1. The second-order valence-electron chi connectivity index (χ2n) is 5.20. The fourth-order valence-electron chi connectivity index (χ4n) is 2.29. The van der Waals surface area contributed by atoms with E-state index >= 15 is 0 Å². The molecule has 3 aromatic rings. The van der Waals surface area contributed by atoms with Crippen LogP contribution in [-0.2, 0) is 4.74 Å². The van der Waals surface area contributed by atoms with Gasteiger partial charge >= 0.3 is 5.97 Å². The summed E-state index contributed by atoms with van der Waals surface area (Å²) < 4.78 is 6.59. The van der Waals surface area contributed by atoms with E-state index in [9.17, 15) is 4.79 Å². The highest BCUT2D eigenvalue weighted by Gasteiger charge is 2.08. The molecule has 6 heteroatoms. The van der Waals surface area contributed by atoms with E-state index < -0.39 is 5.97 Å². The van der Waals surface area contributed by atoms with Crippen molar-refractivity contribution in [3.8, 4) is 0 Å². The molecule has 2 aromatic heterocycles. The lowest BCUT2D eigenvalue weighted by Gasteiger charge is -2.00. The van der Waals surface area contributed by atoms with Crippen LogP contribution in [0.1, 0.15) is 21.6 Å². The lowest BCUT2D eigenvalue weighted by molar-refractivity contribution is 0.0601. The van der Waals surface area contributed by atoms with Crippen molar-refractivity contribution in [3.63, 3.8) is 0 Å². The Kier molecular flexibility index (Phi) is 3.89. The first kappa shape index (κ1) is 14.9. The highest BCUT2D eigenvalue weighted by atomic mass is 16.5. The van der Waals surface area contributed by atoms with Gasteiger partial charge in [-0.25, -0.2) is 9.78 Å². The molecule has 0 aliphatic carbocycles. The number of esters is 1. The van der Waals surface area contributed by atoms with Crippen LogP contribution in [0.15, 0.2) is 52.8 Å². The Morgan fingerprint density at radius 1 is 1.17 bits per heavy atom. The number of pyridine rings is 1. The first-order valence-corrected chi connectivity index (χ1v) is 7.14. The predicted octanol–water partition coefficient (Wildman–Crippen LogP) is 4.15. The van der Waals surface area contributed by atoms with Gasteiger partial charge in [-0.05, 0) is 49.7 Å². The molecule has 116 valence electrons. The van der Waals surface area contributed by atoms with Gasteiger partial charge < -0.3 is 4.74 Å². The van der Waals surface area contributed by atoms with Crippen LogP contribution in [0.2, 0.25) is 0 Å². The number of ether oxygens (including phenoxy) is 1. The van der Waals surface area contributed by atoms with Gasteiger partial charge in [0.1, 0.15) is 5.65 Å². The molecule has 0 spiro atoms. The molecule has 0 saturated carbocycles. The van der Waals surface area contributed by atoms with E-state index in [2.05, 4.69) is 15.2 Å². The number of hydrogen-bond donors (Lipinski definition) is 0. The third-order valence-corrected chi connectivity index (χ3v) is 3.45. The average Bonchev–Trinajstić information content (AvgIpc) is 2.86. The Labute approximate surface area is 133 Å². The number of fused-ring (bicyclic) bond motifs is 1. The summed E-state index contributed by atoms with van der Waals surface area (Å²) in [5, 5.41) is 8.51. The Balaban J connectivity index is 1.97. The van der Waals surface area contributed by atoms with Gasteiger partial charge in [0.25, 0.3) is 0 Å². The molecular formula is C17H16N4O2. The van der Waals surface area contributed by atoms with E-state index in [0.717, 1.165) is 16.9 Å². The summed E-state index contributed by atoms with van der Waals surface area (Å²) in [5.74, 6) is 0.270. The first-order valence-electron chi connectivity index (χ1n) is 7.14. The molecule has 0 fully saturated rings. The largest absolute Gasteiger partial charge is 0.465 e. The molecule has 3 rings (SSSR count). The normalized spacial score (nSPS) is 11.3. The van der Waals surface area contributed by atoms with Crippen LogP contribution in [-0.4, -0.2) is 22.5 Å². The number of carbonyl (C=O) groups is 1. The van der Waals surface area contributed by atoms with Crippen molar-refractivity contribution in [2.45, 2.75) is 13.8 Å². The van der Waals surface area contributed by atoms with Crippen molar-refractivity contribution < 1.29 is 9.53 Å². The number of imidazole rings is 1. The molecule has 23 heavy (non-hydrogen) atoms. The Morgan fingerprint density at radius 3 is 2.78 bits per heavy atom. The average molecular weight is 308 g/mol. The maximum absolute atomic E-state index is 11.6. The van der Waals surface area contributed by atoms with E-state index in [1.807, 2.05) is 36.6 Å². The fraction of sp³-hybridized carbons (Fsp3) is 0.176. The minimum atomic E-state index is -0.400. The highest BCUT2D eigenvalue weighted by Crippen LogP contribution is 2.24. The minimum absolute atomic E-state index is 0.400. The maximum atomic E-state index is 11.6. The number of aryl methyl sites for hydroxylation is 2. The lowest BCUT2D eigenvalue weighted by Crippen LogP contribution is -1.99. The number of carbonyl (C=O) groups excluding carboxylic acids is 1. The van der Waals surface area contributed by atoms with Gasteiger partial charge in [-0.15, -0.1) is 10.2 Å². The highest BCUT2D eigenvalue weighted by molar-refractivity contribution is 5.90. The molecule has 2 heterocycles. The molecule has 0 amide bonds. The Bertz CT molecular complexity index is 912. The first-order chi connectivity index (χ1) is 11.1. The third-order valence-electron chi connectivity index (χ3n) is 3.45. The summed E-state index contributed by atoms with van der Waals surface area (Å²) in [7, 11) is 1.35. The maximum Gasteiger partial charge on any atom is 0.337 e. The number of aromatic nitrogens is 2. The van der Waals surface area contributed by atoms with Crippen LogP contribution in [0.5, 0.6) is 0 Å². The summed E-state index contributed by atoms with van der Waals surface area (Å²) in [6.07, 6.45) is 1.92. The van der Waals surface area contributed by atoms with E-state index in [4.69, 9.17) is 4.74 Å². The Morgan fingerprint density at radius 2 is 2.00 bits per heavy atom. The van der Waals surface area contributed by atoms with Crippen LogP contribution in [0.3, 0.4) is 0 Å². The van der Waals surface area contributed by atoms with Gasteiger partial charge in [0, 0.05) is 6.20 Å². The number of methoxy groups -OCH3 is 1. The summed E-state index contributed by atoms with van der Waals surface area (Å²) >= 11 is 0. The summed E-state index contributed by atoms with van der Waals surface area (Å²) in [6.45, 7) is 3.91. The number of nitrogens with zero attached hydrogens (tertiary/aromatic N) is 4. The number of hydrogen-bond acceptors (Lipinski definition) is 5. The number of benzene rings is 1. The molecule has 0 saturated heterocycles. The zero-order valence-electron chi connectivity index (χ0n) is 13.1. The second-order valence-corrected chi connectivity index (χ2v) is 5.20. The van der Waals surface area contributed by atoms with Crippen molar-refractivity contribution in [1.82, 2.24) is 9.38 Å². The van der Waals surface area contributed by atoms with Crippen LogP contribution >= 0.6 is 0 Å². The SMILES string of the molecule is COC(=O)c1cccc(N=Nc2c(C)nc3cc(C)ccn23)c1. The fourth-order valence-corrected chi connectivity index (χ4v) is 2.29. The van der Waals surface area contributed by atoms with Crippen molar-refractivity contribution in [2.75, 3.05) is 7.11 Å². The van der Waals surface area contributed by atoms with Gasteiger partial charge in [0.05, 0.1) is 24.1 Å². The van der Waals surface area contributed by atoms with Crippen molar-refractivity contribution in [1.29, 1.82) is 0 Å². The lowest BCUT2D eigenvalue weighted by atomic mass is 10.2. The molecular weight excluding hydrogens is 292 g/mol. The van der Waals surface area contributed by atoms with Crippen molar-refractivity contribution in [2.24, 2.45) is 10.2 Å². The minimum Gasteiger partial charge on any atom is -0.465 e. The van der Waals surface area contributed by atoms with E-state index in [-0.39, 0.29) is 0 Å². The number of rotatable bonds is 3. The monoisotopic (exact) mass is 308 g/mol. The molecule has 0 aliphatic rings. The van der Waals surface area contributed by atoms with Crippen molar-refractivity contribution >= 4 is 23.1 Å². The van der Waals surface area contributed by atoms with E-state index in [0.29, 0.717) is 17.1 Å². The quantitative estimate of drug-likeness (QED) is 0.539. The standard InChI is InChI=1S/C17H16N4O2/c1-11-7-8-21-15(9-11)18-12(2)16(21)20-19-14-6-4-5-13(10-14)17(22)23-3/h4-10H,1-3H3. The van der Waals surface area contributed by atoms with Gasteiger partial charge in [-0.1, -0.05) is 6.07 Å². The third kappa shape index (κ3) is 2.96. The van der Waals surface area contributed by atoms with Crippen LogP contribution < -0.4 is 0 Å². The van der Waals surface area contributed by atoms with Crippen LogP contribution in [0.25, 0.3) is 5.65 Å². The molecule has 6 nitrogen and oxygen atoms in total. The molecule has 0 atom stereocenters. The Hall–Kier alpha value is -3.02. The zero-order valence-corrected chi connectivity index (χ0v) is 13.1. The van der Waals surface area contributed by atoms with Gasteiger partial charge in [0.15, 0.2) is 5.82 Å². The summed E-state index contributed by atoms with van der Waals surface area (Å²) in [5.41, 5.74) is 3.78. The summed E-state index contributed by atoms with van der Waals surface area (Å²) in [6, 6.07) is 10.8. The van der Waals surface area contributed by atoms with Crippen LogP contribution in [0.4, 0.5) is 11.5 Å². The van der Waals surface area contributed by atoms with E-state index in [1.165, 1.54) is 7.11 Å². The molecule has 0 bridgehead atoms. The second kappa shape index (κ2) is 6.00. The molecule has 0 N–H and O–H groups in total. The van der Waals surface area contributed by atoms with E-state index in [1.54, 1.807) is 24.3 Å². The zero-order chi connectivity index (χ0) is 16.4. The van der Waals surface area contributed by atoms with Crippen molar-refractivity contribution in [3.05, 3.63) is 59.4 Å². The summed E-state index contributed by atoms with van der Waals surface area (Å²) in [4.78, 5) is 16.0. The van der Waals surface area contributed by atoms with Gasteiger partial charge in [-0.2, -0.15) is 0 Å². The molecule has 1 aromatic carbocycles. The van der Waals surface area contributed by atoms with Gasteiger partial charge in [-0.3, -0.25) is 4.40 Å². The predicted molar refractivity (Wildman–Crippen MR) is 86.6 cm³/mol. The van der Waals surface area contributed by atoms with Crippen LogP contribution in [0, 0.1) is 13.8 Å². The smallest absolute Gasteiger partial charge is 0.337 e. The molecule has 0 radical (unpaired) electrons. The van der Waals surface area contributed by atoms with Gasteiger partial charge in [0.2, 0.25) is 0 Å².